The summed E-state index contributed by atoms with van der Waals surface area (Å²) in [6.07, 6.45) is -3.54. The fraction of sp³-hybridized carbons (Fsp3) is 0.286. The maximum Gasteiger partial charge on any atom is 0.435 e. The maximum absolute atomic E-state index is 13.8. The van der Waals surface area contributed by atoms with Crippen molar-refractivity contribution < 1.29 is 22.4 Å². The number of aromatic nitrogens is 3. The number of piperidine rings is 1. The Morgan fingerprint density at radius 1 is 0.967 bits per heavy atom. The first-order chi connectivity index (χ1) is 14.3. The third kappa shape index (κ3) is 3.92. The first-order valence-electron chi connectivity index (χ1n) is 9.47. The van der Waals surface area contributed by atoms with Gasteiger partial charge >= 0.3 is 6.18 Å². The summed E-state index contributed by atoms with van der Waals surface area (Å²) in [5.41, 5.74) is -0.879. The second kappa shape index (κ2) is 7.89. The van der Waals surface area contributed by atoms with Crippen molar-refractivity contribution in [3.63, 3.8) is 0 Å². The Kier molecular flexibility index (Phi) is 5.27. The van der Waals surface area contributed by atoms with Crippen molar-refractivity contribution in [2.45, 2.75) is 24.9 Å². The molecule has 0 aliphatic carbocycles. The quantitative estimate of drug-likeness (QED) is 0.591. The molecule has 0 saturated carbocycles. The molecule has 1 aliphatic rings. The van der Waals surface area contributed by atoms with Gasteiger partial charge in [0.05, 0.1) is 5.69 Å². The number of hydrogen-bond donors (Lipinski definition) is 0. The van der Waals surface area contributed by atoms with Crippen LogP contribution in [0.4, 0.5) is 17.6 Å². The molecule has 0 bridgehead atoms. The van der Waals surface area contributed by atoms with E-state index in [-0.39, 0.29) is 11.6 Å². The number of nitrogens with zero attached hydrogens (tertiary/aromatic N) is 4. The van der Waals surface area contributed by atoms with Crippen LogP contribution in [0, 0.1) is 5.82 Å². The number of carbonyl (C=O) groups is 1. The highest BCUT2D eigenvalue weighted by molar-refractivity contribution is 5.93. The average Bonchev–Trinajstić information content (AvgIpc) is 3.20. The summed E-state index contributed by atoms with van der Waals surface area (Å²) < 4.78 is 55.0. The molecule has 2 aromatic carbocycles. The van der Waals surface area contributed by atoms with Crippen LogP contribution in [-0.2, 0) is 6.18 Å². The zero-order valence-corrected chi connectivity index (χ0v) is 15.8. The van der Waals surface area contributed by atoms with E-state index >= 15 is 0 Å². The molecule has 9 heteroatoms. The topological polar surface area (TPSA) is 51.0 Å². The minimum Gasteiger partial charge on any atom is -0.337 e. The van der Waals surface area contributed by atoms with Crippen LogP contribution in [0.25, 0.3) is 5.69 Å². The van der Waals surface area contributed by atoms with Crippen LogP contribution < -0.4 is 0 Å². The number of alkyl halides is 3. The van der Waals surface area contributed by atoms with E-state index in [0.29, 0.717) is 30.6 Å². The van der Waals surface area contributed by atoms with Gasteiger partial charge in [-0.3, -0.25) is 4.79 Å². The summed E-state index contributed by atoms with van der Waals surface area (Å²) in [4.78, 5) is 14.2. The Hall–Kier alpha value is -3.23. The number of hydrogen-bond acceptors (Lipinski definition) is 3. The van der Waals surface area contributed by atoms with Gasteiger partial charge in [-0.25, -0.2) is 9.07 Å². The SMILES string of the molecule is O=C(c1nnn(-c2ccc(F)cc2)c1C(F)(F)F)N1CCC(c2ccccc2)CC1. The molecule has 1 saturated heterocycles. The average molecular weight is 418 g/mol. The zero-order valence-electron chi connectivity index (χ0n) is 15.8. The molecule has 0 unspecified atom stereocenters. The number of rotatable bonds is 3. The van der Waals surface area contributed by atoms with E-state index in [4.69, 9.17) is 0 Å². The van der Waals surface area contributed by atoms with Gasteiger partial charge in [0.15, 0.2) is 11.4 Å². The Morgan fingerprint density at radius 3 is 2.20 bits per heavy atom. The second-order valence-corrected chi connectivity index (χ2v) is 7.15. The van der Waals surface area contributed by atoms with Gasteiger partial charge in [0, 0.05) is 13.1 Å². The molecule has 0 N–H and O–H groups in total. The van der Waals surface area contributed by atoms with Gasteiger partial charge < -0.3 is 4.90 Å². The molecule has 5 nitrogen and oxygen atoms in total. The molecule has 0 spiro atoms. The number of likely N-dealkylation sites (tertiary alicyclic amines) is 1. The summed E-state index contributed by atoms with van der Waals surface area (Å²) in [5.74, 6) is -1.14. The minimum atomic E-state index is -4.86. The molecule has 30 heavy (non-hydrogen) atoms. The van der Waals surface area contributed by atoms with Crippen molar-refractivity contribution in [3.8, 4) is 5.69 Å². The Labute approximate surface area is 169 Å². The van der Waals surface area contributed by atoms with E-state index in [1.54, 1.807) is 0 Å². The van der Waals surface area contributed by atoms with Gasteiger partial charge in [-0.05, 0) is 48.6 Å². The van der Waals surface area contributed by atoms with E-state index < -0.39 is 29.3 Å². The molecule has 1 aliphatic heterocycles. The van der Waals surface area contributed by atoms with Crippen molar-refractivity contribution >= 4 is 5.91 Å². The van der Waals surface area contributed by atoms with E-state index in [2.05, 4.69) is 10.3 Å². The molecule has 156 valence electrons. The Bertz CT molecular complexity index is 1020. The summed E-state index contributed by atoms with van der Waals surface area (Å²) in [6, 6.07) is 14.2. The third-order valence-corrected chi connectivity index (χ3v) is 5.27. The molecule has 4 rings (SSSR count). The molecule has 2 heterocycles. The summed E-state index contributed by atoms with van der Waals surface area (Å²) in [5, 5.41) is 7.08. The normalized spacial score (nSPS) is 15.4. The van der Waals surface area contributed by atoms with Gasteiger partial charge in [0.2, 0.25) is 0 Å². The molecule has 1 amide bonds. The van der Waals surface area contributed by atoms with Crippen molar-refractivity contribution in [3.05, 3.63) is 77.4 Å². The van der Waals surface area contributed by atoms with Crippen LogP contribution in [0.5, 0.6) is 0 Å². The van der Waals surface area contributed by atoms with Crippen LogP contribution in [0.15, 0.2) is 54.6 Å². The van der Waals surface area contributed by atoms with E-state index in [0.717, 1.165) is 29.8 Å². The monoisotopic (exact) mass is 418 g/mol. The zero-order chi connectivity index (χ0) is 21.3. The Balaban J connectivity index is 1.58. The lowest BCUT2D eigenvalue weighted by Gasteiger charge is -2.32. The van der Waals surface area contributed by atoms with Crippen molar-refractivity contribution in [1.82, 2.24) is 19.9 Å². The highest BCUT2D eigenvalue weighted by atomic mass is 19.4. The first-order valence-corrected chi connectivity index (χ1v) is 9.47. The molecule has 0 radical (unpaired) electrons. The predicted molar refractivity (Wildman–Crippen MR) is 101 cm³/mol. The van der Waals surface area contributed by atoms with Crippen LogP contribution in [-0.4, -0.2) is 38.9 Å². The number of benzene rings is 2. The van der Waals surface area contributed by atoms with E-state index in [1.807, 2.05) is 30.3 Å². The molecule has 3 aromatic rings. The minimum absolute atomic E-state index is 0.0296. The lowest BCUT2D eigenvalue weighted by atomic mass is 9.89. The lowest BCUT2D eigenvalue weighted by Crippen LogP contribution is -2.39. The molecular weight excluding hydrogens is 400 g/mol. The van der Waals surface area contributed by atoms with Crippen molar-refractivity contribution in [1.29, 1.82) is 0 Å². The molecule has 1 aromatic heterocycles. The lowest BCUT2D eigenvalue weighted by molar-refractivity contribution is -0.143. The number of carbonyl (C=O) groups excluding carboxylic acids is 1. The van der Waals surface area contributed by atoms with Crippen LogP contribution in [0.1, 0.15) is 40.5 Å². The summed E-state index contributed by atoms with van der Waals surface area (Å²) >= 11 is 0. The maximum atomic E-state index is 13.8. The molecule has 0 atom stereocenters. The van der Waals surface area contributed by atoms with Gasteiger partial charge in [-0.15, -0.1) is 5.10 Å². The fourth-order valence-corrected chi connectivity index (χ4v) is 3.73. The summed E-state index contributed by atoms with van der Waals surface area (Å²) in [7, 11) is 0. The van der Waals surface area contributed by atoms with Crippen LogP contribution >= 0.6 is 0 Å². The largest absolute Gasteiger partial charge is 0.435 e. The van der Waals surface area contributed by atoms with E-state index in [1.165, 1.54) is 4.90 Å². The fourth-order valence-electron chi connectivity index (χ4n) is 3.73. The molecule has 1 fully saturated rings. The van der Waals surface area contributed by atoms with Gasteiger partial charge in [0.25, 0.3) is 5.91 Å². The van der Waals surface area contributed by atoms with Crippen LogP contribution in [0.3, 0.4) is 0 Å². The number of halogens is 4. The van der Waals surface area contributed by atoms with Gasteiger partial charge in [-0.2, -0.15) is 13.2 Å². The highest BCUT2D eigenvalue weighted by Crippen LogP contribution is 2.34. The van der Waals surface area contributed by atoms with Gasteiger partial charge in [-0.1, -0.05) is 35.5 Å². The number of amides is 1. The van der Waals surface area contributed by atoms with Gasteiger partial charge in [0.1, 0.15) is 5.82 Å². The molecular formula is C21H18F4N4O. The summed E-state index contributed by atoms with van der Waals surface area (Å²) in [6.45, 7) is 0.665. The van der Waals surface area contributed by atoms with Crippen LogP contribution in [0.2, 0.25) is 0 Å². The Morgan fingerprint density at radius 2 is 1.60 bits per heavy atom. The third-order valence-electron chi connectivity index (χ3n) is 5.27. The second-order valence-electron chi connectivity index (χ2n) is 7.15. The first kappa shape index (κ1) is 20.1. The van der Waals surface area contributed by atoms with E-state index in [9.17, 15) is 22.4 Å². The predicted octanol–water partition coefficient (Wildman–Crippen LogP) is 4.45. The highest BCUT2D eigenvalue weighted by Gasteiger charge is 2.43. The van der Waals surface area contributed by atoms with Crippen molar-refractivity contribution in [2.24, 2.45) is 0 Å². The standard InChI is InChI=1S/C21H18F4N4O/c22-16-6-8-17(9-7-16)29-19(21(23,24)25)18(26-27-29)20(30)28-12-10-15(11-13-28)14-4-2-1-3-5-14/h1-9,15H,10-13H2. The smallest absolute Gasteiger partial charge is 0.337 e. The van der Waals surface area contributed by atoms with Crippen molar-refractivity contribution in [2.75, 3.05) is 13.1 Å².